The smallest absolute Gasteiger partial charge is 0.137 e. The number of aryl methyl sites for hydroxylation is 1. The molecule has 0 atom stereocenters. The lowest BCUT2D eigenvalue weighted by molar-refractivity contribution is 0.223. The Kier molecular flexibility index (Phi) is 5.78. The highest BCUT2D eigenvalue weighted by Gasteiger charge is 2.17. The molecule has 5 nitrogen and oxygen atoms in total. The van der Waals surface area contributed by atoms with Gasteiger partial charge in [-0.15, -0.1) is 11.3 Å². The number of rotatable bonds is 6. The first-order valence-electron chi connectivity index (χ1n) is 11.7. The second-order valence-corrected chi connectivity index (χ2v) is 10.6. The molecule has 0 unspecified atom stereocenters. The van der Waals surface area contributed by atoms with Crippen molar-refractivity contribution < 1.29 is 0 Å². The molecule has 1 aliphatic rings. The third-order valence-corrected chi connectivity index (χ3v) is 8.00. The molecule has 5 heterocycles. The van der Waals surface area contributed by atoms with Gasteiger partial charge in [-0.25, -0.2) is 9.97 Å². The average molecular weight is 521 g/mol. The highest BCUT2D eigenvalue weighted by atomic mass is 79.9. The predicted octanol–water partition coefficient (Wildman–Crippen LogP) is 6.95. The lowest BCUT2D eigenvalue weighted by atomic mass is 10.1. The molecule has 4 aromatic heterocycles. The van der Waals surface area contributed by atoms with Crippen LogP contribution in [0.1, 0.15) is 25.7 Å². The minimum atomic E-state index is 0.899. The quantitative estimate of drug-likeness (QED) is 0.264. The van der Waals surface area contributed by atoms with E-state index < -0.39 is 0 Å². The summed E-state index contributed by atoms with van der Waals surface area (Å²) in [6, 6.07) is 10.7. The van der Waals surface area contributed by atoms with Gasteiger partial charge in [0.15, 0.2) is 0 Å². The van der Waals surface area contributed by atoms with Crippen molar-refractivity contribution in [1.29, 1.82) is 0 Å². The van der Waals surface area contributed by atoms with Gasteiger partial charge in [-0.3, -0.25) is 0 Å². The van der Waals surface area contributed by atoms with E-state index >= 15 is 0 Å². The third-order valence-electron chi connectivity index (χ3n) is 6.63. The lowest BCUT2D eigenvalue weighted by Crippen LogP contribution is -2.31. The van der Waals surface area contributed by atoms with E-state index in [1.54, 1.807) is 11.3 Å². The Morgan fingerprint density at radius 1 is 1.03 bits per heavy atom. The Balaban J connectivity index is 1.31. The molecular formula is C26H26BrN5S. The number of hydrogen-bond donors (Lipinski definition) is 1. The normalized spacial score (nSPS) is 15.1. The van der Waals surface area contributed by atoms with E-state index in [-0.39, 0.29) is 0 Å². The largest absolute Gasteiger partial charge is 0.347 e. The van der Waals surface area contributed by atoms with Gasteiger partial charge in [-0.1, -0.05) is 22.4 Å². The monoisotopic (exact) mass is 519 g/mol. The van der Waals surface area contributed by atoms with Gasteiger partial charge in [0.2, 0.25) is 0 Å². The fourth-order valence-electron chi connectivity index (χ4n) is 4.96. The van der Waals surface area contributed by atoms with Crippen LogP contribution in [0.4, 0.5) is 0 Å². The number of aromatic nitrogens is 4. The van der Waals surface area contributed by atoms with Crippen molar-refractivity contribution in [2.45, 2.75) is 32.2 Å². The summed E-state index contributed by atoms with van der Waals surface area (Å²) < 4.78 is 3.51. The summed E-state index contributed by atoms with van der Waals surface area (Å²) >= 11 is 5.38. The molecule has 6 rings (SSSR count). The minimum absolute atomic E-state index is 0.899. The number of aromatic amines is 1. The topological polar surface area (TPSA) is 49.7 Å². The second-order valence-electron chi connectivity index (χ2n) is 8.79. The molecule has 0 bridgehead atoms. The van der Waals surface area contributed by atoms with Gasteiger partial charge >= 0.3 is 0 Å². The molecule has 7 heteroatoms. The molecule has 168 valence electrons. The molecular weight excluding hydrogens is 494 g/mol. The molecule has 0 aliphatic carbocycles. The number of likely N-dealkylation sites (tertiary alicyclic amines) is 1. The zero-order valence-corrected chi connectivity index (χ0v) is 20.8. The maximum absolute atomic E-state index is 5.05. The van der Waals surface area contributed by atoms with Crippen molar-refractivity contribution in [3.63, 3.8) is 0 Å². The maximum Gasteiger partial charge on any atom is 0.137 e. The molecule has 1 saturated heterocycles. The lowest BCUT2D eigenvalue weighted by Gasteiger charge is -2.26. The van der Waals surface area contributed by atoms with Crippen LogP contribution in [0.25, 0.3) is 43.8 Å². The molecule has 0 amide bonds. The number of halogens is 1. The summed E-state index contributed by atoms with van der Waals surface area (Å²) in [5, 5.41) is 5.57. The molecule has 1 N–H and O–H groups in total. The predicted molar refractivity (Wildman–Crippen MR) is 141 cm³/mol. The van der Waals surface area contributed by atoms with Gasteiger partial charge in [0.25, 0.3) is 0 Å². The summed E-state index contributed by atoms with van der Waals surface area (Å²) in [7, 11) is 0. The van der Waals surface area contributed by atoms with E-state index in [1.807, 2.05) is 18.5 Å². The Labute approximate surface area is 205 Å². The number of benzene rings is 1. The Morgan fingerprint density at radius 2 is 1.94 bits per heavy atom. The SMILES string of the molecule is Brc1ccc2c(c1)c(-c1nc(-c3c[nH]c4ncccc34)cs1)cn2CCCN1CCCCC1. The number of fused-ring (bicyclic) bond motifs is 2. The highest BCUT2D eigenvalue weighted by molar-refractivity contribution is 9.10. The van der Waals surface area contributed by atoms with E-state index in [4.69, 9.17) is 4.98 Å². The average Bonchev–Trinajstić information content (AvgIpc) is 3.56. The number of hydrogen-bond acceptors (Lipinski definition) is 4. The van der Waals surface area contributed by atoms with Crippen LogP contribution in [0.5, 0.6) is 0 Å². The van der Waals surface area contributed by atoms with Crippen molar-refractivity contribution in [2.24, 2.45) is 0 Å². The van der Waals surface area contributed by atoms with Crippen LogP contribution in [0.3, 0.4) is 0 Å². The first-order chi connectivity index (χ1) is 16.3. The third kappa shape index (κ3) is 4.14. The number of nitrogens with one attached hydrogen (secondary N) is 1. The van der Waals surface area contributed by atoms with Gasteiger partial charge in [-0.05, 0) is 69.2 Å². The first-order valence-corrected chi connectivity index (χ1v) is 13.3. The van der Waals surface area contributed by atoms with E-state index in [0.29, 0.717) is 0 Å². The molecule has 1 aliphatic heterocycles. The molecule has 1 aromatic carbocycles. The molecule has 5 aromatic rings. The van der Waals surface area contributed by atoms with Crippen molar-refractivity contribution in [3.05, 3.63) is 58.8 Å². The number of nitrogens with zero attached hydrogens (tertiary/aromatic N) is 4. The van der Waals surface area contributed by atoms with Crippen LogP contribution in [0, 0.1) is 0 Å². The molecule has 1 fully saturated rings. The fraction of sp³-hybridized carbons (Fsp3) is 0.308. The summed E-state index contributed by atoms with van der Waals surface area (Å²) in [6.45, 7) is 4.73. The van der Waals surface area contributed by atoms with Gasteiger partial charge in [-0.2, -0.15) is 0 Å². The van der Waals surface area contributed by atoms with Crippen molar-refractivity contribution in [2.75, 3.05) is 19.6 Å². The number of piperidine rings is 1. The molecule has 0 radical (unpaired) electrons. The van der Waals surface area contributed by atoms with Crippen molar-refractivity contribution in [3.8, 4) is 21.8 Å². The zero-order valence-electron chi connectivity index (χ0n) is 18.4. The number of thiazole rings is 1. The minimum Gasteiger partial charge on any atom is -0.347 e. The summed E-state index contributed by atoms with van der Waals surface area (Å²) in [5.41, 5.74) is 5.48. The molecule has 33 heavy (non-hydrogen) atoms. The molecule has 0 saturated carbocycles. The van der Waals surface area contributed by atoms with Crippen LogP contribution in [0.15, 0.2) is 58.8 Å². The van der Waals surface area contributed by atoms with Crippen molar-refractivity contribution in [1.82, 2.24) is 24.4 Å². The number of H-pyrrole nitrogens is 1. The highest BCUT2D eigenvalue weighted by Crippen LogP contribution is 2.37. The van der Waals surface area contributed by atoms with Gasteiger partial charge in [0, 0.05) is 62.4 Å². The van der Waals surface area contributed by atoms with E-state index in [2.05, 4.69) is 71.2 Å². The van der Waals surface area contributed by atoms with Crippen LogP contribution in [-0.2, 0) is 6.54 Å². The van der Waals surface area contributed by atoms with Crippen LogP contribution >= 0.6 is 27.3 Å². The standard InChI is InChI=1S/C26H26BrN5S/c27-18-7-8-24-20(14-18)22(16-32(24)13-5-12-31-10-2-1-3-11-31)26-30-23(17-33-26)21-15-29-25-19(21)6-4-9-28-25/h4,6-9,14-17H,1-3,5,10-13H2,(H,28,29). The summed E-state index contributed by atoms with van der Waals surface area (Å²) in [5.74, 6) is 0. The fourth-order valence-corrected chi connectivity index (χ4v) is 6.17. The Bertz CT molecular complexity index is 1410. The number of pyridine rings is 1. The van der Waals surface area contributed by atoms with Gasteiger partial charge < -0.3 is 14.5 Å². The van der Waals surface area contributed by atoms with Crippen LogP contribution in [0.2, 0.25) is 0 Å². The molecule has 0 spiro atoms. The Hall–Kier alpha value is -2.48. The van der Waals surface area contributed by atoms with Crippen LogP contribution in [-0.4, -0.2) is 44.1 Å². The van der Waals surface area contributed by atoms with E-state index in [9.17, 15) is 0 Å². The van der Waals surface area contributed by atoms with E-state index in [1.165, 1.54) is 61.8 Å². The maximum atomic E-state index is 5.05. The summed E-state index contributed by atoms with van der Waals surface area (Å²) in [4.78, 5) is 15.4. The Morgan fingerprint density at radius 3 is 2.85 bits per heavy atom. The van der Waals surface area contributed by atoms with E-state index in [0.717, 1.165) is 38.3 Å². The summed E-state index contributed by atoms with van der Waals surface area (Å²) in [6.07, 6.45) is 11.4. The van der Waals surface area contributed by atoms with Gasteiger partial charge in [0.1, 0.15) is 10.7 Å². The van der Waals surface area contributed by atoms with Crippen LogP contribution < -0.4 is 0 Å². The van der Waals surface area contributed by atoms with Crippen molar-refractivity contribution >= 4 is 49.2 Å². The first kappa shape index (κ1) is 21.1. The van der Waals surface area contributed by atoms with Gasteiger partial charge in [0.05, 0.1) is 5.69 Å². The second kappa shape index (κ2) is 9.05. The zero-order chi connectivity index (χ0) is 22.2.